The first-order valence-corrected chi connectivity index (χ1v) is 10.6. The van der Waals surface area contributed by atoms with Gasteiger partial charge in [-0.1, -0.05) is 35.6 Å². The molecule has 0 aliphatic carbocycles. The molecule has 1 aliphatic heterocycles. The number of ketones is 1. The number of thiophene rings is 1. The first-order chi connectivity index (χ1) is 13.5. The van der Waals surface area contributed by atoms with Crippen LogP contribution in [0.4, 0.5) is 0 Å². The number of hydrogen-bond donors (Lipinski definition) is 1. The molecule has 3 rings (SSSR count). The van der Waals surface area contributed by atoms with E-state index >= 15 is 0 Å². The highest BCUT2D eigenvalue weighted by atomic mass is 35.5. The maximum Gasteiger partial charge on any atom is 0.295 e. The summed E-state index contributed by atoms with van der Waals surface area (Å²) < 4.78 is 0. The first-order valence-electron chi connectivity index (χ1n) is 9.37. The quantitative estimate of drug-likeness (QED) is 0.421. The molecule has 1 aliphatic rings. The van der Waals surface area contributed by atoms with Gasteiger partial charge >= 0.3 is 0 Å². The van der Waals surface area contributed by atoms with Crippen LogP contribution in [0.25, 0.3) is 5.76 Å². The molecular weight excluding hydrogens is 396 g/mol. The molecule has 1 unspecified atom stereocenters. The smallest absolute Gasteiger partial charge is 0.295 e. The summed E-state index contributed by atoms with van der Waals surface area (Å²) in [6, 6.07) is 9.50. The Bertz CT molecular complexity index is 874. The fourth-order valence-electron chi connectivity index (χ4n) is 3.48. The van der Waals surface area contributed by atoms with Gasteiger partial charge in [-0.3, -0.25) is 9.59 Å². The molecule has 0 spiro atoms. The topological polar surface area (TPSA) is 64.9 Å². The maximum absolute atomic E-state index is 13.1. The predicted molar refractivity (Wildman–Crippen MR) is 109 cm³/mol. The van der Waals surface area contributed by atoms with Crippen LogP contribution in [0, 0.1) is 0 Å². The molecule has 7 heteroatoms. The van der Waals surface area contributed by atoms with Crippen molar-refractivity contribution in [3.63, 3.8) is 0 Å². The van der Waals surface area contributed by atoms with E-state index in [-0.39, 0.29) is 5.57 Å². The lowest BCUT2D eigenvalue weighted by atomic mass is 10.00. The van der Waals surface area contributed by atoms with Crippen LogP contribution in [0.15, 0.2) is 47.4 Å². The van der Waals surface area contributed by atoms with Gasteiger partial charge in [-0.25, -0.2) is 0 Å². The number of carbonyl (C=O) groups is 2. The standard InChI is InChI=1S/C21H23ClN2O3S/c1-3-23(4-2)11-12-24-18(16-6-5-13-28-16)17(20(26)21(24)27)19(25)14-7-9-15(22)10-8-14/h5-10,13,18,25H,3-4,11-12H2,1-2H3/b19-17+. The number of benzene rings is 1. The molecule has 5 nitrogen and oxygen atoms in total. The Morgan fingerprint density at radius 3 is 2.43 bits per heavy atom. The van der Waals surface area contributed by atoms with Crippen molar-refractivity contribution in [3.8, 4) is 0 Å². The van der Waals surface area contributed by atoms with Gasteiger partial charge in [-0.15, -0.1) is 11.3 Å². The number of likely N-dealkylation sites (N-methyl/N-ethyl adjacent to an activating group) is 1. The Morgan fingerprint density at radius 1 is 1.18 bits per heavy atom. The Kier molecular flexibility index (Phi) is 6.54. The summed E-state index contributed by atoms with van der Waals surface area (Å²) in [7, 11) is 0. The fourth-order valence-corrected chi connectivity index (χ4v) is 4.45. The van der Waals surface area contributed by atoms with Gasteiger partial charge in [0, 0.05) is 15.5 Å². The Balaban J connectivity index is 2.03. The van der Waals surface area contributed by atoms with E-state index in [2.05, 4.69) is 13.8 Å². The predicted octanol–water partition coefficient (Wildman–Crippen LogP) is 1.55. The molecule has 1 atom stereocenters. The van der Waals surface area contributed by atoms with E-state index in [1.165, 1.54) is 16.2 Å². The molecule has 28 heavy (non-hydrogen) atoms. The van der Waals surface area contributed by atoms with Gasteiger partial charge in [0.1, 0.15) is 0 Å². The number of Topliss-reactive ketones (excluding diaryl/α,β-unsaturated/α-hetero) is 1. The fraction of sp³-hybridized carbons (Fsp3) is 0.333. The average Bonchev–Trinajstić information content (AvgIpc) is 3.31. The van der Waals surface area contributed by atoms with E-state index < -0.39 is 23.5 Å². The summed E-state index contributed by atoms with van der Waals surface area (Å²) in [5.74, 6) is -1.71. The molecule has 2 aromatic rings. The molecule has 148 valence electrons. The van der Waals surface area contributed by atoms with Crippen LogP contribution in [0.2, 0.25) is 5.02 Å². The molecule has 0 bridgehead atoms. The molecule has 1 aromatic heterocycles. The second kappa shape index (κ2) is 8.90. The zero-order chi connectivity index (χ0) is 20.3. The first kappa shape index (κ1) is 20.6. The van der Waals surface area contributed by atoms with E-state index in [1.54, 1.807) is 29.2 Å². The van der Waals surface area contributed by atoms with E-state index in [9.17, 15) is 14.7 Å². The monoisotopic (exact) mass is 418 g/mol. The van der Waals surface area contributed by atoms with Gasteiger partial charge in [0.2, 0.25) is 5.78 Å². The SMILES string of the molecule is CC[NH+](CC)CCN1C(=O)C(=O)/C(=C(/[O-])c2ccc(Cl)cc2)C1c1cccs1. The van der Waals surface area contributed by atoms with Crippen LogP contribution in [-0.2, 0) is 9.59 Å². The third-order valence-corrected chi connectivity index (χ3v) is 6.33. The lowest BCUT2D eigenvalue weighted by Crippen LogP contribution is -3.12. The van der Waals surface area contributed by atoms with Gasteiger partial charge in [0.15, 0.2) is 0 Å². The molecule has 1 amide bonds. The van der Waals surface area contributed by atoms with Crippen LogP contribution >= 0.6 is 22.9 Å². The number of hydrogen-bond acceptors (Lipinski definition) is 4. The molecular formula is C21H23ClN2O3S. The summed E-state index contributed by atoms with van der Waals surface area (Å²) in [6.45, 7) is 7.23. The molecule has 1 N–H and O–H groups in total. The highest BCUT2D eigenvalue weighted by Gasteiger charge is 2.44. The van der Waals surface area contributed by atoms with E-state index in [0.29, 0.717) is 17.1 Å². The number of nitrogens with one attached hydrogen (secondary N) is 1. The number of amides is 1. The van der Waals surface area contributed by atoms with Crippen molar-refractivity contribution in [3.05, 3.63) is 62.8 Å². The second-order valence-electron chi connectivity index (χ2n) is 6.70. The molecule has 2 heterocycles. The molecule has 1 saturated heterocycles. The number of carbonyl (C=O) groups excluding carboxylic acids is 2. The number of quaternary nitrogens is 1. The summed E-state index contributed by atoms with van der Waals surface area (Å²) in [4.78, 5) is 29.3. The van der Waals surface area contributed by atoms with Gasteiger partial charge in [0.25, 0.3) is 5.91 Å². The lowest BCUT2D eigenvalue weighted by molar-refractivity contribution is -0.895. The highest BCUT2D eigenvalue weighted by Crippen LogP contribution is 2.40. The van der Waals surface area contributed by atoms with Crippen molar-refractivity contribution < 1.29 is 19.6 Å². The zero-order valence-electron chi connectivity index (χ0n) is 15.9. The van der Waals surface area contributed by atoms with Crippen LogP contribution in [0.5, 0.6) is 0 Å². The second-order valence-corrected chi connectivity index (χ2v) is 8.12. The normalized spacial score (nSPS) is 19.0. The summed E-state index contributed by atoms with van der Waals surface area (Å²) in [5, 5.41) is 15.5. The zero-order valence-corrected chi connectivity index (χ0v) is 17.5. The Morgan fingerprint density at radius 2 is 1.86 bits per heavy atom. The van der Waals surface area contributed by atoms with Crippen molar-refractivity contribution in [2.45, 2.75) is 19.9 Å². The van der Waals surface area contributed by atoms with Crippen LogP contribution in [0.3, 0.4) is 0 Å². The Hall–Kier alpha value is -2.15. The highest BCUT2D eigenvalue weighted by molar-refractivity contribution is 7.10. The van der Waals surface area contributed by atoms with Crippen LogP contribution in [0.1, 0.15) is 30.3 Å². The van der Waals surface area contributed by atoms with Crippen molar-refractivity contribution in [1.82, 2.24) is 4.90 Å². The van der Waals surface area contributed by atoms with Crippen molar-refractivity contribution >= 4 is 40.4 Å². The molecule has 1 fully saturated rings. The summed E-state index contributed by atoms with van der Waals surface area (Å²) in [6.07, 6.45) is 0. The third-order valence-electron chi connectivity index (χ3n) is 5.15. The van der Waals surface area contributed by atoms with Crippen LogP contribution in [-0.4, -0.2) is 42.8 Å². The molecule has 0 saturated carbocycles. The minimum Gasteiger partial charge on any atom is -0.872 e. The van der Waals surface area contributed by atoms with Crippen LogP contribution < -0.4 is 10.0 Å². The minimum absolute atomic E-state index is 0.0318. The number of rotatable bonds is 7. The van der Waals surface area contributed by atoms with Crippen molar-refractivity contribution in [2.24, 2.45) is 0 Å². The Labute approximate surface area is 173 Å². The lowest BCUT2D eigenvalue weighted by Gasteiger charge is -2.27. The molecule has 0 radical (unpaired) electrons. The molecule has 1 aromatic carbocycles. The maximum atomic E-state index is 13.1. The summed E-state index contributed by atoms with van der Waals surface area (Å²) >= 11 is 7.36. The average molecular weight is 419 g/mol. The van der Waals surface area contributed by atoms with E-state index in [4.69, 9.17) is 11.6 Å². The minimum atomic E-state index is -0.701. The number of nitrogens with zero attached hydrogens (tertiary/aromatic N) is 1. The van der Waals surface area contributed by atoms with E-state index in [0.717, 1.165) is 24.5 Å². The van der Waals surface area contributed by atoms with Crippen molar-refractivity contribution in [1.29, 1.82) is 0 Å². The van der Waals surface area contributed by atoms with Gasteiger partial charge in [0.05, 0.1) is 32.2 Å². The summed E-state index contributed by atoms with van der Waals surface area (Å²) in [5.41, 5.74) is 0.391. The number of likely N-dealkylation sites (tertiary alicyclic amines) is 1. The van der Waals surface area contributed by atoms with Gasteiger partial charge in [-0.2, -0.15) is 0 Å². The van der Waals surface area contributed by atoms with Crippen molar-refractivity contribution in [2.75, 3.05) is 26.2 Å². The number of halogens is 1. The largest absolute Gasteiger partial charge is 0.872 e. The van der Waals surface area contributed by atoms with Gasteiger partial charge < -0.3 is 14.9 Å². The van der Waals surface area contributed by atoms with E-state index in [1.807, 2.05) is 17.5 Å². The van der Waals surface area contributed by atoms with Gasteiger partial charge in [-0.05, 0) is 43.0 Å². The third kappa shape index (κ3) is 3.99.